The summed E-state index contributed by atoms with van der Waals surface area (Å²) in [6.07, 6.45) is 5.24. The highest BCUT2D eigenvalue weighted by Crippen LogP contribution is 2.15. The summed E-state index contributed by atoms with van der Waals surface area (Å²) >= 11 is 0. The molecule has 0 amide bonds. The average molecular weight is 488 g/mol. The molecular formula is C26H20N2O8. The van der Waals surface area contributed by atoms with Gasteiger partial charge in [-0.05, 0) is 34.4 Å². The predicted molar refractivity (Wildman–Crippen MR) is 130 cm³/mol. The van der Waals surface area contributed by atoms with Gasteiger partial charge >= 0.3 is 11.9 Å². The fourth-order valence-electron chi connectivity index (χ4n) is 2.95. The lowest BCUT2D eigenvalue weighted by Gasteiger charge is -2.05. The standard InChI is InChI=1S/C26H20N2O8/c29-25(13-11-19-3-1-5-23(15-19)27(31)32)35-17-21-7-9-22(10-8-21)18-36-26(30)14-12-20-4-2-6-24(16-20)28(33)34/h1-16H,17-18H2. The van der Waals surface area contributed by atoms with Crippen LogP contribution in [0.15, 0.2) is 84.9 Å². The molecule has 0 saturated carbocycles. The molecule has 10 nitrogen and oxygen atoms in total. The SMILES string of the molecule is O=C(C=Cc1cccc([N+](=O)[O-])c1)OCc1ccc(COC(=O)C=Cc2cccc([N+](=O)[O-])c2)cc1. The Morgan fingerprint density at radius 3 is 1.42 bits per heavy atom. The van der Waals surface area contributed by atoms with Gasteiger partial charge in [-0.25, -0.2) is 9.59 Å². The van der Waals surface area contributed by atoms with Crippen LogP contribution in [-0.4, -0.2) is 21.8 Å². The maximum absolute atomic E-state index is 11.9. The van der Waals surface area contributed by atoms with E-state index in [0.29, 0.717) is 22.3 Å². The second kappa shape index (κ2) is 12.4. The molecule has 10 heteroatoms. The summed E-state index contributed by atoms with van der Waals surface area (Å²) in [5.74, 6) is -1.20. The quantitative estimate of drug-likeness (QED) is 0.168. The van der Waals surface area contributed by atoms with E-state index in [1.54, 1.807) is 36.4 Å². The summed E-state index contributed by atoms with van der Waals surface area (Å²) in [7, 11) is 0. The van der Waals surface area contributed by atoms with Crippen molar-refractivity contribution in [3.63, 3.8) is 0 Å². The molecule has 0 N–H and O–H groups in total. The Morgan fingerprint density at radius 1 is 0.667 bits per heavy atom. The Bertz CT molecular complexity index is 1230. The van der Waals surface area contributed by atoms with Crippen molar-refractivity contribution in [3.05, 3.63) is 127 Å². The van der Waals surface area contributed by atoms with Crippen LogP contribution in [0.25, 0.3) is 12.2 Å². The van der Waals surface area contributed by atoms with Gasteiger partial charge in [-0.2, -0.15) is 0 Å². The molecule has 36 heavy (non-hydrogen) atoms. The van der Waals surface area contributed by atoms with E-state index >= 15 is 0 Å². The Balaban J connectivity index is 1.44. The molecule has 182 valence electrons. The van der Waals surface area contributed by atoms with Gasteiger partial charge in [0.1, 0.15) is 13.2 Å². The van der Waals surface area contributed by atoms with Crippen LogP contribution in [0.2, 0.25) is 0 Å². The Morgan fingerprint density at radius 2 is 1.06 bits per heavy atom. The maximum Gasteiger partial charge on any atom is 0.331 e. The third-order valence-electron chi connectivity index (χ3n) is 4.77. The zero-order valence-electron chi connectivity index (χ0n) is 18.8. The lowest BCUT2D eigenvalue weighted by atomic mass is 10.1. The molecule has 0 unspecified atom stereocenters. The fraction of sp³-hybridized carbons (Fsp3) is 0.0769. The van der Waals surface area contributed by atoms with Crippen LogP contribution < -0.4 is 0 Å². The van der Waals surface area contributed by atoms with E-state index in [1.807, 2.05) is 0 Å². The maximum atomic E-state index is 11.9. The minimum Gasteiger partial charge on any atom is -0.458 e. The predicted octanol–water partition coefficient (Wildman–Crippen LogP) is 5.02. The van der Waals surface area contributed by atoms with Gasteiger partial charge in [-0.15, -0.1) is 0 Å². The van der Waals surface area contributed by atoms with Gasteiger partial charge in [0.2, 0.25) is 0 Å². The summed E-state index contributed by atoms with van der Waals surface area (Å²) in [6.45, 7) is 0.0360. The molecule has 0 atom stereocenters. The van der Waals surface area contributed by atoms with Gasteiger partial charge in [-0.1, -0.05) is 48.5 Å². The Labute approximate surface area is 205 Å². The van der Waals surface area contributed by atoms with E-state index < -0.39 is 21.8 Å². The average Bonchev–Trinajstić information content (AvgIpc) is 2.89. The Hall–Kier alpha value is -5.12. The van der Waals surface area contributed by atoms with Crippen molar-refractivity contribution in [2.75, 3.05) is 0 Å². The topological polar surface area (TPSA) is 139 Å². The number of carbonyl (C=O) groups is 2. The van der Waals surface area contributed by atoms with E-state index in [2.05, 4.69) is 0 Å². The van der Waals surface area contributed by atoms with Crippen LogP contribution >= 0.6 is 0 Å². The number of nitro benzene ring substituents is 2. The number of hydrogen-bond acceptors (Lipinski definition) is 8. The number of carbonyl (C=O) groups excluding carboxylic acids is 2. The molecule has 0 radical (unpaired) electrons. The largest absolute Gasteiger partial charge is 0.458 e. The van der Waals surface area contributed by atoms with Gasteiger partial charge in [-0.3, -0.25) is 20.2 Å². The summed E-state index contributed by atoms with van der Waals surface area (Å²) in [6, 6.07) is 18.6. The molecular weight excluding hydrogens is 468 g/mol. The molecule has 0 aliphatic heterocycles. The summed E-state index contributed by atoms with van der Waals surface area (Å²) < 4.78 is 10.3. The summed E-state index contributed by atoms with van der Waals surface area (Å²) in [5, 5.41) is 21.6. The first-order chi connectivity index (χ1) is 17.3. The molecule has 0 heterocycles. The van der Waals surface area contributed by atoms with Crippen LogP contribution in [0.5, 0.6) is 0 Å². The molecule has 0 aromatic heterocycles. The number of rotatable bonds is 10. The van der Waals surface area contributed by atoms with Crippen LogP contribution in [0.3, 0.4) is 0 Å². The first kappa shape index (κ1) is 25.5. The fourth-order valence-corrected chi connectivity index (χ4v) is 2.95. The molecule has 0 bridgehead atoms. The van der Waals surface area contributed by atoms with Crippen LogP contribution in [0, 0.1) is 20.2 Å². The minimum atomic E-state index is -0.602. The van der Waals surface area contributed by atoms with Crippen molar-refractivity contribution in [2.24, 2.45) is 0 Å². The van der Waals surface area contributed by atoms with Crippen LogP contribution in [0.1, 0.15) is 22.3 Å². The molecule has 0 saturated heterocycles. The number of esters is 2. The van der Waals surface area contributed by atoms with E-state index in [9.17, 15) is 29.8 Å². The highest BCUT2D eigenvalue weighted by molar-refractivity contribution is 5.87. The lowest BCUT2D eigenvalue weighted by Crippen LogP contribution is -2.02. The summed E-state index contributed by atoms with van der Waals surface area (Å²) in [5.41, 5.74) is 2.28. The second-order valence-electron chi connectivity index (χ2n) is 7.40. The van der Waals surface area contributed by atoms with Crippen molar-refractivity contribution in [1.82, 2.24) is 0 Å². The molecule has 0 fully saturated rings. The van der Waals surface area contributed by atoms with E-state index in [4.69, 9.17) is 9.47 Å². The zero-order chi connectivity index (χ0) is 25.9. The van der Waals surface area contributed by atoms with Gasteiger partial charge in [0, 0.05) is 36.4 Å². The number of ether oxygens (including phenoxy) is 2. The third kappa shape index (κ3) is 8.03. The van der Waals surface area contributed by atoms with Gasteiger partial charge in [0.25, 0.3) is 11.4 Å². The molecule has 0 spiro atoms. The van der Waals surface area contributed by atoms with Gasteiger partial charge in [0.15, 0.2) is 0 Å². The number of benzene rings is 3. The molecule has 0 aliphatic rings. The van der Waals surface area contributed by atoms with Crippen molar-refractivity contribution < 1.29 is 28.9 Å². The van der Waals surface area contributed by atoms with E-state index in [1.165, 1.54) is 60.7 Å². The minimum absolute atomic E-state index is 0.0180. The smallest absolute Gasteiger partial charge is 0.331 e. The second-order valence-corrected chi connectivity index (χ2v) is 7.40. The van der Waals surface area contributed by atoms with Crippen molar-refractivity contribution in [1.29, 1.82) is 0 Å². The first-order valence-electron chi connectivity index (χ1n) is 10.6. The van der Waals surface area contributed by atoms with Crippen LogP contribution in [0.4, 0.5) is 11.4 Å². The van der Waals surface area contributed by atoms with Crippen molar-refractivity contribution in [3.8, 4) is 0 Å². The number of hydrogen-bond donors (Lipinski definition) is 0. The molecule has 3 aromatic rings. The van der Waals surface area contributed by atoms with E-state index in [-0.39, 0.29) is 24.6 Å². The van der Waals surface area contributed by atoms with Crippen LogP contribution in [-0.2, 0) is 32.3 Å². The highest BCUT2D eigenvalue weighted by Gasteiger charge is 2.06. The Kier molecular flexibility index (Phi) is 8.76. The van der Waals surface area contributed by atoms with E-state index in [0.717, 1.165) is 0 Å². The number of nitro groups is 2. The highest BCUT2D eigenvalue weighted by atomic mass is 16.6. The monoisotopic (exact) mass is 488 g/mol. The zero-order valence-corrected chi connectivity index (χ0v) is 18.8. The molecule has 3 aromatic carbocycles. The number of nitrogens with zero attached hydrogens (tertiary/aromatic N) is 2. The van der Waals surface area contributed by atoms with Crippen molar-refractivity contribution >= 4 is 35.5 Å². The normalized spacial score (nSPS) is 10.9. The number of non-ortho nitro benzene ring substituents is 2. The molecule has 0 aliphatic carbocycles. The molecule has 3 rings (SSSR count). The van der Waals surface area contributed by atoms with Gasteiger partial charge in [0.05, 0.1) is 9.85 Å². The lowest BCUT2D eigenvalue weighted by molar-refractivity contribution is -0.385. The first-order valence-corrected chi connectivity index (χ1v) is 10.6. The van der Waals surface area contributed by atoms with Crippen molar-refractivity contribution in [2.45, 2.75) is 13.2 Å². The van der Waals surface area contributed by atoms with Gasteiger partial charge < -0.3 is 9.47 Å². The third-order valence-corrected chi connectivity index (χ3v) is 4.77. The summed E-state index contributed by atoms with van der Waals surface area (Å²) in [4.78, 5) is 44.4.